The monoisotopic (exact) mass is 287 g/mol. The van der Waals surface area contributed by atoms with Crippen molar-refractivity contribution >= 4 is 22.9 Å². The average Bonchev–Trinajstić information content (AvgIpc) is 2.89. The lowest BCUT2D eigenvalue weighted by Gasteiger charge is -2.06. The van der Waals surface area contributed by atoms with E-state index in [2.05, 4.69) is 22.2 Å². The molecule has 0 unspecified atom stereocenters. The van der Waals surface area contributed by atoms with Gasteiger partial charge in [-0.3, -0.25) is 4.79 Å². The molecule has 1 heterocycles. The molecule has 2 N–H and O–H groups in total. The number of amides is 1. The van der Waals surface area contributed by atoms with Gasteiger partial charge in [0.25, 0.3) is 5.91 Å². The zero-order chi connectivity index (χ0) is 14.4. The number of aryl methyl sites for hydroxylation is 1. The summed E-state index contributed by atoms with van der Waals surface area (Å²) in [5.74, 6) is -0.0907. The zero-order valence-corrected chi connectivity index (χ0v) is 12.2. The molecule has 2 aromatic rings. The Bertz CT molecular complexity index is 589. The minimum Gasteiger partial charge on any atom is -0.379 e. The topological polar surface area (TPSA) is 54.0 Å². The van der Waals surface area contributed by atoms with E-state index in [9.17, 15) is 4.79 Å². The van der Waals surface area contributed by atoms with Gasteiger partial charge >= 0.3 is 0 Å². The Hall–Kier alpha value is -2.14. The van der Waals surface area contributed by atoms with Crippen LogP contribution in [0.2, 0.25) is 0 Å². The number of carbonyl (C=O) groups excluding carboxylic acids is 1. The first-order valence-corrected chi connectivity index (χ1v) is 7.21. The van der Waals surface area contributed by atoms with Crippen LogP contribution in [-0.2, 0) is 6.54 Å². The summed E-state index contributed by atoms with van der Waals surface area (Å²) in [4.78, 5) is 16.1. The number of carbonyl (C=O) groups is 1. The first-order chi connectivity index (χ1) is 9.69. The summed E-state index contributed by atoms with van der Waals surface area (Å²) in [6.07, 6.45) is 1.66. The van der Waals surface area contributed by atoms with Crippen molar-refractivity contribution in [3.8, 4) is 0 Å². The predicted octanol–water partition coefficient (Wildman–Crippen LogP) is 2.98. The highest BCUT2D eigenvalue weighted by Gasteiger charge is 2.04. The second-order valence-corrected chi connectivity index (χ2v) is 5.25. The van der Waals surface area contributed by atoms with E-state index < -0.39 is 0 Å². The number of hydrogen-bond donors (Lipinski definition) is 2. The summed E-state index contributed by atoms with van der Waals surface area (Å²) in [5.41, 5.74) is 2.65. The minimum absolute atomic E-state index is 0.0907. The van der Waals surface area contributed by atoms with Crippen LogP contribution in [0, 0.1) is 6.92 Å². The number of thiazole rings is 1. The second kappa shape index (κ2) is 6.86. The van der Waals surface area contributed by atoms with Crippen LogP contribution >= 0.6 is 11.3 Å². The Balaban J connectivity index is 1.91. The highest BCUT2D eigenvalue weighted by molar-refractivity contribution is 7.09. The summed E-state index contributed by atoms with van der Waals surface area (Å²) < 4.78 is 0. The van der Waals surface area contributed by atoms with Crippen molar-refractivity contribution in [2.24, 2.45) is 0 Å². The number of benzene rings is 1. The molecule has 20 heavy (non-hydrogen) atoms. The maximum Gasteiger partial charge on any atom is 0.251 e. The van der Waals surface area contributed by atoms with Gasteiger partial charge in [0, 0.05) is 28.9 Å². The molecule has 0 spiro atoms. The number of nitrogens with zero attached hydrogens (tertiary/aromatic N) is 1. The van der Waals surface area contributed by atoms with Gasteiger partial charge in [0.1, 0.15) is 5.01 Å². The quantitative estimate of drug-likeness (QED) is 0.803. The normalized spacial score (nSPS) is 10.1. The average molecular weight is 287 g/mol. The largest absolute Gasteiger partial charge is 0.379 e. The molecule has 5 heteroatoms. The van der Waals surface area contributed by atoms with Gasteiger partial charge in [0.2, 0.25) is 0 Å². The van der Waals surface area contributed by atoms with Gasteiger partial charge in [0.05, 0.1) is 6.54 Å². The highest BCUT2D eigenvalue weighted by atomic mass is 32.1. The first-order valence-electron chi connectivity index (χ1n) is 6.33. The molecule has 1 amide bonds. The van der Waals surface area contributed by atoms with E-state index in [1.54, 1.807) is 29.5 Å². The van der Waals surface area contributed by atoms with Crippen LogP contribution in [0.4, 0.5) is 5.69 Å². The molecule has 0 saturated heterocycles. The number of aromatic nitrogens is 1. The zero-order valence-electron chi connectivity index (χ0n) is 11.3. The van der Waals surface area contributed by atoms with Crippen molar-refractivity contribution in [1.82, 2.24) is 10.3 Å². The molecule has 0 atom stereocenters. The van der Waals surface area contributed by atoms with Gasteiger partial charge < -0.3 is 10.6 Å². The van der Waals surface area contributed by atoms with Crippen molar-refractivity contribution < 1.29 is 4.79 Å². The molecule has 0 fully saturated rings. The standard InChI is InChI=1S/C15H17N3OS/c1-3-8-16-15(19)12-4-6-13(7-5-12)17-9-14-18-11(2)10-20-14/h3-7,10,17H,1,8-9H2,2H3,(H,16,19). The van der Waals surface area contributed by atoms with Gasteiger partial charge in [-0.2, -0.15) is 0 Å². The van der Waals surface area contributed by atoms with Crippen molar-refractivity contribution in [1.29, 1.82) is 0 Å². The fraction of sp³-hybridized carbons (Fsp3) is 0.200. The van der Waals surface area contributed by atoms with E-state index in [0.29, 0.717) is 18.7 Å². The SMILES string of the molecule is C=CCNC(=O)c1ccc(NCc2nc(C)cs2)cc1. The van der Waals surface area contributed by atoms with Gasteiger partial charge in [-0.25, -0.2) is 4.98 Å². The van der Waals surface area contributed by atoms with Crippen molar-refractivity contribution in [2.45, 2.75) is 13.5 Å². The predicted molar refractivity (Wildman–Crippen MR) is 83.1 cm³/mol. The van der Waals surface area contributed by atoms with Crippen LogP contribution in [0.3, 0.4) is 0 Å². The molecule has 0 radical (unpaired) electrons. The van der Waals surface area contributed by atoms with Crippen molar-refractivity contribution in [3.05, 3.63) is 58.6 Å². The molecule has 0 aliphatic rings. The fourth-order valence-corrected chi connectivity index (χ4v) is 2.38. The molecule has 2 rings (SSSR count). The van der Waals surface area contributed by atoms with E-state index in [1.165, 1.54) is 0 Å². The smallest absolute Gasteiger partial charge is 0.251 e. The Morgan fingerprint density at radius 2 is 2.15 bits per heavy atom. The highest BCUT2D eigenvalue weighted by Crippen LogP contribution is 2.13. The molecule has 0 bridgehead atoms. The van der Waals surface area contributed by atoms with E-state index in [4.69, 9.17) is 0 Å². The molecular formula is C15H17N3OS. The summed E-state index contributed by atoms with van der Waals surface area (Å²) >= 11 is 1.64. The number of nitrogens with one attached hydrogen (secondary N) is 2. The third-order valence-corrected chi connectivity index (χ3v) is 3.63. The summed E-state index contributed by atoms with van der Waals surface area (Å²) in [6, 6.07) is 7.38. The van der Waals surface area contributed by atoms with Gasteiger partial charge in [0.15, 0.2) is 0 Å². The Morgan fingerprint density at radius 1 is 1.40 bits per heavy atom. The molecule has 0 aliphatic heterocycles. The summed E-state index contributed by atoms with van der Waals surface area (Å²) in [5, 5.41) is 9.11. The molecule has 4 nitrogen and oxygen atoms in total. The summed E-state index contributed by atoms with van der Waals surface area (Å²) in [7, 11) is 0. The summed E-state index contributed by atoms with van der Waals surface area (Å²) in [6.45, 7) is 6.72. The number of anilines is 1. The van der Waals surface area contributed by atoms with E-state index in [1.807, 2.05) is 24.4 Å². The maximum absolute atomic E-state index is 11.7. The van der Waals surface area contributed by atoms with E-state index in [-0.39, 0.29) is 5.91 Å². The van der Waals surface area contributed by atoms with Crippen molar-refractivity contribution in [2.75, 3.05) is 11.9 Å². The third kappa shape index (κ3) is 3.93. The number of rotatable bonds is 6. The minimum atomic E-state index is -0.0907. The van der Waals surface area contributed by atoms with Crippen LogP contribution in [0.25, 0.3) is 0 Å². The van der Waals surface area contributed by atoms with Crippen LogP contribution in [0.1, 0.15) is 21.1 Å². The first kappa shape index (κ1) is 14.3. The lowest BCUT2D eigenvalue weighted by atomic mass is 10.2. The Morgan fingerprint density at radius 3 is 2.75 bits per heavy atom. The fourth-order valence-electron chi connectivity index (χ4n) is 1.67. The molecule has 1 aromatic carbocycles. The van der Waals surface area contributed by atoms with Crippen LogP contribution in [0.5, 0.6) is 0 Å². The Labute approximate surface area is 122 Å². The Kier molecular flexibility index (Phi) is 4.90. The molecule has 0 saturated carbocycles. The molecular weight excluding hydrogens is 270 g/mol. The van der Waals surface area contributed by atoms with E-state index in [0.717, 1.165) is 16.4 Å². The molecule has 1 aromatic heterocycles. The third-order valence-electron chi connectivity index (χ3n) is 2.66. The lowest BCUT2D eigenvalue weighted by Crippen LogP contribution is -2.23. The number of hydrogen-bond acceptors (Lipinski definition) is 4. The van der Waals surface area contributed by atoms with Crippen molar-refractivity contribution in [3.63, 3.8) is 0 Å². The van der Waals surface area contributed by atoms with Crippen LogP contribution in [-0.4, -0.2) is 17.4 Å². The van der Waals surface area contributed by atoms with Gasteiger partial charge in [-0.15, -0.1) is 17.9 Å². The van der Waals surface area contributed by atoms with Gasteiger partial charge in [-0.05, 0) is 31.2 Å². The molecule has 104 valence electrons. The molecule has 0 aliphatic carbocycles. The second-order valence-electron chi connectivity index (χ2n) is 4.31. The van der Waals surface area contributed by atoms with Crippen LogP contribution < -0.4 is 10.6 Å². The van der Waals surface area contributed by atoms with Crippen LogP contribution in [0.15, 0.2) is 42.3 Å². The van der Waals surface area contributed by atoms with Gasteiger partial charge in [-0.1, -0.05) is 6.08 Å². The maximum atomic E-state index is 11.7. The van der Waals surface area contributed by atoms with E-state index >= 15 is 0 Å². The lowest BCUT2D eigenvalue weighted by molar-refractivity contribution is 0.0958.